The van der Waals surface area contributed by atoms with Gasteiger partial charge in [-0.05, 0) is 44.2 Å². The smallest absolute Gasteiger partial charge is 0.119 e. The third-order valence-corrected chi connectivity index (χ3v) is 4.08. The van der Waals surface area contributed by atoms with Crippen molar-refractivity contribution in [3.8, 4) is 17.6 Å². The molecule has 0 bridgehead atoms. The molecule has 0 saturated heterocycles. The summed E-state index contributed by atoms with van der Waals surface area (Å²) < 4.78 is 5.79. The number of nitrogens with zero attached hydrogens (tertiary/aromatic N) is 1. The fourth-order valence-electron chi connectivity index (χ4n) is 2.79. The predicted octanol–water partition coefficient (Wildman–Crippen LogP) is 2.67. The van der Waals surface area contributed by atoms with E-state index in [4.69, 9.17) is 9.84 Å². The van der Waals surface area contributed by atoms with Gasteiger partial charge in [-0.3, -0.25) is 0 Å². The number of benzene rings is 1. The highest BCUT2D eigenvalue weighted by Crippen LogP contribution is 2.21. The van der Waals surface area contributed by atoms with Crippen molar-refractivity contribution in [2.75, 3.05) is 26.8 Å². The van der Waals surface area contributed by atoms with Gasteiger partial charge < -0.3 is 14.7 Å². The molecule has 3 heteroatoms. The zero-order valence-electron chi connectivity index (χ0n) is 12.8. The summed E-state index contributed by atoms with van der Waals surface area (Å²) in [6.45, 7) is 1.58. The average Bonchev–Trinajstić information content (AvgIpc) is 2.55. The summed E-state index contributed by atoms with van der Waals surface area (Å²) in [6, 6.07) is 8.44. The second kappa shape index (κ2) is 8.71. The Bertz CT molecular complexity index is 466. The van der Waals surface area contributed by atoms with Crippen molar-refractivity contribution < 1.29 is 9.84 Å². The van der Waals surface area contributed by atoms with E-state index in [0.29, 0.717) is 6.61 Å². The average molecular weight is 287 g/mol. The molecular formula is C18H25NO2. The molecule has 0 spiro atoms. The summed E-state index contributed by atoms with van der Waals surface area (Å²) in [6.07, 6.45) is 6.79. The molecule has 2 rings (SSSR count). The maximum Gasteiger partial charge on any atom is 0.119 e. The van der Waals surface area contributed by atoms with Crippen LogP contribution in [0.15, 0.2) is 24.3 Å². The number of likely N-dealkylation sites (N-methyl/N-ethyl adjacent to an activating group) is 1. The minimum Gasteiger partial charge on any atom is -0.492 e. The van der Waals surface area contributed by atoms with E-state index in [1.165, 1.54) is 32.1 Å². The van der Waals surface area contributed by atoms with Crippen molar-refractivity contribution in [1.82, 2.24) is 4.90 Å². The maximum absolute atomic E-state index is 8.65. The van der Waals surface area contributed by atoms with Crippen LogP contribution in [-0.4, -0.2) is 42.9 Å². The van der Waals surface area contributed by atoms with Crippen LogP contribution in [0.25, 0.3) is 0 Å². The summed E-state index contributed by atoms with van der Waals surface area (Å²) in [5, 5.41) is 8.65. The summed E-state index contributed by atoms with van der Waals surface area (Å²) in [7, 11) is 2.20. The standard InChI is InChI=1S/C18H25NO2/c1-19(17-7-3-2-4-8-17)13-15-21-18-11-9-16(10-12-18)6-5-14-20/h9-12,17,20H,2-4,7-8,13-15H2,1H3. The summed E-state index contributed by atoms with van der Waals surface area (Å²) in [5.41, 5.74) is 0.899. The monoisotopic (exact) mass is 287 g/mol. The van der Waals surface area contributed by atoms with Crippen LogP contribution in [0.1, 0.15) is 37.7 Å². The molecule has 1 aliphatic carbocycles. The van der Waals surface area contributed by atoms with Gasteiger partial charge in [-0.1, -0.05) is 31.1 Å². The van der Waals surface area contributed by atoms with Crippen LogP contribution in [0.5, 0.6) is 5.75 Å². The lowest BCUT2D eigenvalue weighted by atomic mass is 9.94. The molecule has 0 radical (unpaired) electrons. The van der Waals surface area contributed by atoms with Crippen molar-refractivity contribution >= 4 is 0 Å². The molecule has 114 valence electrons. The lowest BCUT2D eigenvalue weighted by Gasteiger charge is -2.31. The first-order chi connectivity index (χ1) is 10.3. The van der Waals surface area contributed by atoms with Crippen molar-refractivity contribution in [1.29, 1.82) is 0 Å². The van der Waals surface area contributed by atoms with Crippen molar-refractivity contribution in [3.05, 3.63) is 29.8 Å². The fraction of sp³-hybridized carbons (Fsp3) is 0.556. The molecule has 0 heterocycles. The molecule has 1 saturated carbocycles. The normalized spacial score (nSPS) is 15.6. The van der Waals surface area contributed by atoms with E-state index in [9.17, 15) is 0 Å². The molecular weight excluding hydrogens is 262 g/mol. The van der Waals surface area contributed by atoms with Gasteiger partial charge in [0.25, 0.3) is 0 Å². The molecule has 0 atom stereocenters. The zero-order valence-corrected chi connectivity index (χ0v) is 12.8. The highest BCUT2D eigenvalue weighted by atomic mass is 16.5. The topological polar surface area (TPSA) is 32.7 Å². The molecule has 0 unspecified atom stereocenters. The van der Waals surface area contributed by atoms with Crippen LogP contribution < -0.4 is 4.74 Å². The van der Waals surface area contributed by atoms with Crippen molar-refractivity contribution in [3.63, 3.8) is 0 Å². The summed E-state index contributed by atoms with van der Waals surface area (Å²) in [4.78, 5) is 2.43. The first-order valence-corrected chi connectivity index (χ1v) is 7.82. The molecule has 1 aliphatic rings. The fourth-order valence-corrected chi connectivity index (χ4v) is 2.79. The second-order valence-corrected chi connectivity index (χ2v) is 5.61. The SMILES string of the molecule is CN(CCOc1ccc(C#CCO)cc1)C1CCCCC1. The van der Waals surface area contributed by atoms with E-state index < -0.39 is 0 Å². The van der Waals surface area contributed by atoms with Crippen molar-refractivity contribution in [2.24, 2.45) is 0 Å². The zero-order chi connectivity index (χ0) is 14.9. The molecule has 0 amide bonds. The molecule has 1 aromatic rings. The van der Waals surface area contributed by atoms with Gasteiger partial charge in [0.05, 0.1) is 0 Å². The Kier molecular flexibility index (Phi) is 6.59. The van der Waals surface area contributed by atoms with Crippen LogP contribution in [0.4, 0.5) is 0 Å². The third-order valence-electron chi connectivity index (χ3n) is 4.08. The van der Waals surface area contributed by atoms with E-state index in [0.717, 1.165) is 23.9 Å². The highest BCUT2D eigenvalue weighted by Gasteiger charge is 2.17. The number of hydrogen-bond donors (Lipinski definition) is 1. The lowest BCUT2D eigenvalue weighted by molar-refractivity contribution is 0.160. The van der Waals surface area contributed by atoms with Crippen LogP contribution in [0.3, 0.4) is 0 Å². The maximum atomic E-state index is 8.65. The van der Waals surface area contributed by atoms with Gasteiger partial charge >= 0.3 is 0 Å². The molecule has 0 aliphatic heterocycles. The molecule has 3 nitrogen and oxygen atoms in total. The Morgan fingerprint density at radius 2 is 1.90 bits per heavy atom. The van der Waals surface area contributed by atoms with Crippen LogP contribution >= 0.6 is 0 Å². The van der Waals surface area contributed by atoms with Crippen molar-refractivity contribution in [2.45, 2.75) is 38.1 Å². The van der Waals surface area contributed by atoms with E-state index in [1.807, 2.05) is 24.3 Å². The number of aliphatic hydroxyl groups is 1. The van der Waals surface area contributed by atoms with Gasteiger partial charge in [-0.2, -0.15) is 0 Å². The highest BCUT2D eigenvalue weighted by molar-refractivity contribution is 5.38. The first kappa shape index (κ1) is 15.9. The van der Waals surface area contributed by atoms with E-state index in [2.05, 4.69) is 23.8 Å². The second-order valence-electron chi connectivity index (χ2n) is 5.61. The van der Waals surface area contributed by atoms with Crippen LogP contribution in [0.2, 0.25) is 0 Å². The Hall–Kier alpha value is -1.50. The molecule has 21 heavy (non-hydrogen) atoms. The Labute approximate surface area is 127 Å². The molecule has 1 N–H and O–H groups in total. The van der Waals surface area contributed by atoms with Gasteiger partial charge in [0.15, 0.2) is 0 Å². The minimum absolute atomic E-state index is 0.105. The third kappa shape index (κ3) is 5.41. The molecule has 0 aromatic heterocycles. The van der Waals surface area contributed by atoms with Crippen LogP contribution in [0, 0.1) is 11.8 Å². The van der Waals surface area contributed by atoms with E-state index >= 15 is 0 Å². The molecule has 1 fully saturated rings. The quantitative estimate of drug-likeness (QED) is 0.845. The number of hydrogen-bond acceptors (Lipinski definition) is 3. The molecule has 1 aromatic carbocycles. The summed E-state index contributed by atoms with van der Waals surface area (Å²) >= 11 is 0. The number of rotatable bonds is 5. The van der Waals surface area contributed by atoms with Gasteiger partial charge in [0, 0.05) is 18.2 Å². The lowest BCUT2D eigenvalue weighted by Crippen LogP contribution is -2.36. The summed E-state index contributed by atoms with van der Waals surface area (Å²) in [5.74, 6) is 6.39. The van der Waals surface area contributed by atoms with E-state index in [-0.39, 0.29) is 6.61 Å². The Balaban J connectivity index is 1.72. The Morgan fingerprint density at radius 1 is 1.19 bits per heavy atom. The predicted molar refractivity (Wildman–Crippen MR) is 85.4 cm³/mol. The first-order valence-electron chi connectivity index (χ1n) is 7.82. The van der Waals surface area contributed by atoms with Crippen LogP contribution in [-0.2, 0) is 0 Å². The minimum atomic E-state index is -0.105. The Morgan fingerprint density at radius 3 is 2.57 bits per heavy atom. The van der Waals surface area contributed by atoms with E-state index in [1.54, 1.807) is 0 Å². The van der Waals surface area contributed by atoms with Gasteiger partial charge in [0.1, 0.15) is 19.0 Å². The number of ether oxygens (including phenoxy) is 1. The van der Waals surface area contributed by atoms with Gasteiger partial charge in [-0.15, -0.1) is 0 Å². The number of aliphatic hydroxyl groups excluding tert-OH is 1. The van der Waals surface area contributed by atoms with Gasteiger partial charge in [-0.25, -0.2) is 0 Å². The van der Waals surface area contributed by atoms with Gasteiger partial charge in [0.2, 0.25) is 0 Å². The largest absolute Gasteiger partial charge is 0.492 e.